The first-order chi connectivity index (χ1) is 27.2. The molecule has 0 unspecified atom stereocenters. The molecule has 2 aromatic heterocycles. The Balaban J connectivity index is 1.01. The van der Waals surface area contributed by atoms with E-state index < -0.39 is 0 Å². The third-order valence-corrected chi connectivity index (χ3v) is 13.1. The van der Waals surface area contributed by atoms with Crippen LogP contribution in [0.2, 0.25) is 0 Å². The highest BCUT2D eigenvalue weighted by atomic mass is 32.1. The van der Waals surface area contributed by atoms with Gasteiger partial charge in [0.25, 0.3) is 0 Å². The second-order valence-corrected chi connectivity index (χ2v) is 16.2. The average Bonchev–Trinajstić information content (AvgIpc) is 3.75. The number of rotatable bonds is 5. The monoisotopic (exact) mass is 723 g/mol. The van der Waals surface area contributed by atoms with E-state index in [1.165, 1.54) is 91.2 Å². The molecule has 1 spiro atoms. The molecule has 7 aromatic carbocycles. The lowest BCUT2D eigenvalue weighted by Gasteiger charge is -2.36. The first-order valence-corrected chi connectivity index (χ1v) is 20.2. The van der Waals surface area contributed by atoms with Crippen LogP contribution in [0.15, 0.2) is 164 Å². The highest BCUT2D eigenvalue weighted by Crippen LogP contribution is 2.58. The molecule has 2 aliphatic carbocycles. The van der Waals surface area contributed by atoms with Gasteiger partial charge in [-0.3, -0.25) is 0 Å². The van der Waals surface area contributed by atoms with Gasteiger partial charge in [0.2, 0.25) is 0 Å². The second kappa shape index (κ2) is 13.0. The smallest absolute Gasteiger partial charge is 0.164 e. The van der Waals surface area contributed by atoms with Crippen molar-refractivity contribution in [2.24, 2.45) is 0 Å². The minimum atomic E-state index is 0.0531. The molecule has 0 aliphatic heterocycles. The van der Waals surface area contributed by atoms with E-state index in [4.69, 9.17) is 15.0 Å². The van der Waals surface area contributed by atoms with Crippen LogP contribution in [0.4, 0.5) is 0 Å². The normalized spacial score (nSPS) is 14.3. The highest BCUT2D eigenvalue weighted by molar-refractivity contribution is 7.25. The molecule has 2 heterocycles. The first kappa shape index (κ1) is 32.2. The van der Waals surface area contributed by atoms with Crippen LogP contribution in [0, 0.1) is 0 Å². The van der Waals surface area contributed by atoms with Crippen molar-refractivity contribution in [1.82, 2.24) is 15.0 Å². The maximum atomic E-state index is 5.11. The van der Waals surface area contributed by atoms with Crippen molar-refractivity contribution in [3.8, 4) is 67.5 Å². The molecule has 0 atom stereocenters. The van der Waals surface area contributed by atoms with E-state index in [2.05, 4.69) is 140 Å². The van der Waals surface area contributed by atoms with Crippen molar-refractivity contribution in [3.63, 3.8) is 0 Å². The standard InChI is InChI=1S/C51H37N3S/c1-4-13-33(14-5-1)34-21-23-36(24-22-34)49-52-48(35-15-6-2-7-16-35)53-50(54-49)39-18-12-17-37(29-39)38-25-26-40-42-32-47-43(41-19-8-9-20-46(41)55-47)31-45(42)51(44(40)30-38)27-10-3-11-28-51/h1-2,4-9,12-26,29-32H,3,10-11,27-28H2. The van der Waals surface area contributed by atoms with Crippen LogP contribution >= 0.6 is 11.3 Å². The van der Waals surface area contributed by atoms with Gasteiger partial charge in [0.15, 0.2) is 17.5 Å². The topological polar surface area (TPSA) is 38.7 Å². The van der Waals surface area contributed by atoms with E-state index in [0.717, 1.165) is 22.3 Å². The molecule has 262 valence electrons. The van der Waals surface area contributed by atoms with E-state index in [-0.39, 0.29) is 5.41 Å². The van der Waals surface area contributed by atoms with Gasteiger partial charge in [0.05, 0.1) is 0 Å². The number of thiophene rings is 1. The minimum absolute atomic E-state index is 0.0531. The largest absolute Gasteiger partial charge is 0.208 e. The zero-order valence-electron chi connectivity index (χ0n) is 30.4. The van der Waals surface area contributed by atoms with Gasteiger partial charge in [-0.05, 0) is 87.7 Å². The van der Waals surface area contributed by atoms with E-state index in [0.29, 0.717) is 17.5 Å². The van der Waals surface area contributed by atoms with Crippen molar-refractivity contribution in [1.29, 1.82) is 0 Å². The number of hydrogen-bond donors (Lipinski definition) is 0. The lowest BCUT2D eigenvalue weighted by molar-refractivity contribution is 0.353. The summed E-state index contributed by atoms with van der Waals surface area (Å²) in [4.78, 5) is 15.2. The fraction of sp³-hybridized carbons (Fsp3) is 0.118. The average molecular weight is 724 g/mol. The lowest BCUT2D eigenvalue weighted by atomic mass is 9.67. The van der Waals surface area contributed by atoms with Gasteiger partial charge in [0.1, 0.15) is 0 Å². The predicted molar refractivity (Wildman–Crippen MR) is 229 cm³/mol. The molecule has 9 aromatic rings. The molecule has 0 radical (unpaired) electrons. The van der Waals surface area contributed by atoms with Gasteiger partial charge in [-0.1, -0.05) is 153 Å². The van der Waals surface area contributed by atoms with Gasteiger partial charge >= 0.3 is 0 Å². The summed E-state index contributed by atoms with van der Waals surface area (Å²) in [5.74, 6) is 2.00. The first-order valence-electron chi connectivity index (χ1n) is 19.4. The van der Waals surface area contributed by atoms with Gasteiger partial charge in [-0.15, -0.1) is 11.3 Å². The molecular formula is C51H37N3S. The summed E-state index contributed by atoms with van der Waals surface area (Å²) in [5.41, 5.74) is 13.6. The number of benzene rings is 7. The van der Waals surface area contributed by atoms with Crippen molar-refractivity contribution < 1.29 is 0 Å². The summed E-state index contributed by atoms with van der Waals surface area (Å²) in [7, 11) is 0. The summed E-state index contributed by atoms with van der Waals surface area (Å²) in [6.45, 7) is 0. The number of hydrogen-bond acceptors (Lipinski definition) is 4. The maximum Gasteiger partial charge on any atom is 0.164 e. The summed E-state index contributed by atoms with van der Waals surface area (Å²) >= 11 is 1.92. The second-order valence-electron chi connectivity index (χ2n) is 15.1. The fourth-order valence-corrected chi connectivity index (χ4v) is 10.3. The Morgan fingerprint density at radius 2 is 0.909 bits per heavy atom. The Morgan fingerprint density at radius 1 is 0.364 bits per heavy atom. The van der Waals surface area contributed by atoms with Crippen LogP contribution in [-0.4, -0.2) is 15.0 Å². The van der Waals surface area contributed by atoms with Crippen molar-refractivity contribution >= 4 is 31.5 Å². The molecule has 0 bridgehead atoms. The van der Waals surface area contributed by atoms with Crippen molar-refractivity contribution in [2.75, 3.05) is 0 Å². The molecule has 4 heteroatoms. The SMILES string of the molecule is c1ccc(-c2ccc(-c3nc(-c4ccccc4)nc(-c4cccc(-c5ccc6c(c5)C5(CCCCC5)c5cc7c(cc5-6)sc5ccccc57)c4)n3)cc2)cc1. The molecule has 11 rings (SSSR count). The Bertz CT molecular complexity index is 2890. The molecule has 0 amide bonds. The predicted octanol–water partition coefficient (Wildman–Crippen LogP) is 13.8. The summed E-state index contributed by atoms with van der Waals surface area (Å²) in [5, 5.41) is 2.79. The molecule has 55 heavy (non-hydrogen) atoms. The van der Waals surface area contributed by atoms with Crippen LogP contribution in [0.1, 0.15) is 43.2 Å². The third kappa shape index (κ3) is 5.43. The van der Waals surface area contributed by atoms with Gasteiger partial charge in [-0.25, -0.2) is 15.0 Å². The van der Waals surface area contributed by atoms with E-state index in [1.54, 1.807) is 0 Å². The Kier molecular flexibility index (Phi) is 7.60. The van der Waals surface area contributed by atoms with Crippen LogP contribution in [0.25, 0.3) is 87.7 Å². The van der Waals surface area contributed by atoms with Crippen LogP contribution in [0.3, 0.4) is 0 Å². The molecule has 1 fully saturated rings. The summed E-state index contributed by atoms with van der Waals surface area (Å²) < 4.78 is 2.76. The van der Waals surface area contributed by atoms with Crippen LogP contribution < -0.4 is 0 Å². The zero-order chi connectivity index (χ0) is 36.3. The van der Waals surface area contributed by atoms with E-state index in [1.807, 2.05) is 35.6 Å². The lowest BCUT2D eigenvalue weighted by Crippen LogP contribution is -2.28. The van der Waals surface area contributed by atoms with Crippen LogP contribution in [0.5, 0.6) is 0 Å². The molecule has 0 saturated heterocycles. The Labute approximate surface area is 325 Å². The summed E-state index contributed by atoms with van der Waals surface area (Å²) in [6.07, 6.45) is 6.25. The van der Waals surface area contributed by atoms with Crippen molar-refractivity contribution in [3.05, 3.63) is 175 Å². The quantitative estimate of drug-likeness (QED) is 0.177. The van der Waals surface area contributed by atoms with Crippen molar-refractivity contribution in [2.45, 2.75) is 37.5 Å². The fourth-order valence-electron chi connectivity index (χ4n) is 9.21. The van der Waals surface area contributed by atoms with E-state index in [9.17, 15) is 0 Å². The molecular weight excluding hydrogens is 687 g/mol. The molecule has 2 aliphatic rings. The number of nitrogens with zero attached hydrogens (tertiary/aromatic N) is 3. The maximum absolute atomic E-state index is 5.11. The minimum Gasteiger partial charge on any atom is -0.208 e. The van der Waals surface area contributed by atoms with Gasteiger partial charge < -0.3 is 0 Å². The summed E-state index contributed by atoms with van der Waals surface area (Å²) in [6, 6.07) is 59.1. The van der Waals surface area contributed by atoms with E-state index >= 15 is 0 Å². The van der Waals surface area contributed by atoms with Gasteiger partial charge in [-0.2, -0.15) is 0 Å². The van der Waals surface area contributed by atoms with Gasteiger partial charge in [0, 0.05) is 42.3 Å². The van der Waals surface area contributed by atoms with Crippen LogP contribution in [-0.2, 0) is 5.41 Å². The molecule has 0 N–H and O–H groups in total. The Morgan fingerprint density at radius 3 is 1.67 bits per heavy atom. The zero-order valence-corrected chi connectivity index (χ0v) is 31.2. The highest BCUT2D eigenvalue weighted by Gasteiger charge is 2.44. The Hall–Kier alpha value is -6.23. The number of aromatic nitrogens is 3. The number of fused-ring (bicyclic) bond motifs is 8. The third-order valence-electron chi connectivity index (χ3n) is 11.9. The molecule has 1 saturated carbocycles. The molecule has 3 nitrogen and oxygen atoms in total.